The van der Waals surface area contributed by atoms with Gasteiger partial charge in [-0.05, 0) is 32.6 Å². The smallest absolute Gasteiger partial charge is 0.309 e. The van der Waals surface area contributed by atoms with Crippen molar-refractivity contribution in [3.8, 4) is 0 Å². The second-order valence-electron chi connectivity index (χ2n) is 7.20. The summed E-state index contributed by atoms with van der Waals surface area (Å²) in [5.74, 6) is 0.271. The minimum atomic E-state index is 0.0667. The predicted octanol–water partition coefficient (Wildman–Crippen LogP) is 6.42. The van der Waals surface area contributed by atoms with Gasteiger partial charge in [0.05, 0.1) is 12.0 Å². The van der Waals surface area contributed by atoms with Crippen LogP contribution in [0.5, 0.6) is 0 Å². The lowest BCUT2D eigenvalue weighted by molar-refractivity contribution is -0.153. The molecular formula is C20H38O2. The number of rotatable bonds is 13. The van der Waals surface area contributed by atoms with Crippen molar-refractivity contribution in [1.82, 2.24) is 0 Å². The number of unbranched alkanes of at least 4 members (excludes halogenated alkanes) is 9. The van der Waals surface area contributed by atoms with E-state index in [2.05, 4.69) is 13.8 Å². The van der Waals surface area contributed by atoms with Crippen LogP contribution >= 0.6 is 0 Å². The zero-order chi connectivity index (χ0) is 16.0. The first-order valence-electron chi connectivity index (χ1n) is 9.94. The Morgan fingerprint density at radius 2 is 1.41 bits per heavy atom. The molecule has 0 amide bonds. The van der Waals surface area contributed by atoms with Crippen LogP contribution in [0.25, 0.3) is 0 Å². The second kappa shape index (κ2) is 13.0. The van der Waals surface area contributed by atoms with E-state index in [0.717, 1.165) is 19.3 Å². The van der Waals surface area contributed by atoms with Crippen LogP contribution in [0.4, 0.5) is 0 Å². The molecule has 130 valence electrons. The molecule has 1 saturated carbocycles. The van der Waals surface area contributed by atoms with E-state index in [1.165, 1.54) is 77.0 Å². The van der Waals surface area contributed by atoms with Gasteiger partial charge in [-0.3, -0.25) is 4.79 Å². The molecule has 0 aromatic rings. The number of hydrogen-bond donors (Lipinski definition) is 0. The summed E-state index contributed by atoms with van der Waals surface area (Å²) in [5.41, 5.74) is 0. The molecule has 1 aliphatic carbocycles. The second-order valence-corrected chi connectivity index (χ2v) is 7.20. The largest absolute Gasteiger partial charge is 0.462 e. The predicted molar refractivity (Wildman–Crippen MR) is 94.0 cm³/mol. The SMILES string of the molecule is CCCCCCCCCCCCC(C)OC(=O)C1CCCC1. The molecule has 0 N–H and O–H groups in total. The van der Waals surface area contributed by atoms with Gasteiger partial charge in [0.2, 0.25) is 0 Å². The highest BCUT2D eigenvalue weighted by Gasteiger charge is 2.25. The van der Waals surface area contributed by atoms with E-state index in [9.17, 15) is 4.79 Å². The third-order valence-electron chi connectivity index (χ3n) is 4.97. The van der Waals surface area contributed by atoms with E-state index in [1.54, 1.807) is 0 Å². The van der Waals surface area contributed by atoms with Crippen LogP contribution in [0.3, 0.4) is 0 Å². The molecule has 2 nitrogen and oxygen atoms in total. The van der Waals surface area contributed by atoms with Crippen molar-refractivity contribution < 1.29 is 9.53 Å². The van der Waals surface area contributed by atoms with Crippen molar-refractivity contribution in [1.29, 1.82) is 0 Å². The molecule has 0 spiro atoms. The van der Waals surface area contributed by atoms with Gasteiger partial charge in [0, 0.05) is 0 Å². The lowest BCUT2D eigenvalue weighted by Gasteiger charge is -2.16. The van der Waals surface area contributed by atoms with E-state index in [0.29, 0.717) is 0 Å². The summed E-state index contributed by atoms with van der Waals surface area (Å²) in [5, 5.41) is 0. The molecule has 1 atom stereocenters. The van der Waals surface area contributed by atoms with Crippen molar-refractivity contribution in [2.45, 2.75) is 116 Å². The van der Waals surface area contributed by atoms with Crippen LogP contribution in [0.2, 0.25) is 0 Å². The van der Waals surface area contributed by atoms with Gasteiger partial charge in [-0.1, -0.05) is 77.6 Å². The van der Waals surface area contributed by atoms with E-state index < -0.39 is 0 Å². The highest BCUT2D eigenvalue weighted by atomic mass is 16.5. The van der Waals surface area contributed by atoms with Crippen molar-refractivity contribution in [2.24, 2.45) is 5.92 Å². The van der Waals surface area contributed by atoms with Crippen LogP contribution in [0.1, 0.15) is 110 Å². The monoisotopic (exact) mass is 310 g/mol. The molecule has 0 aromatic carbocycles. The maximum absolute atomic E-state index is 11.9. The van der Waals surface area contributed by atoms with E-state index >= 15 is 0 Å². The lowest BCUT2D eigenvalue weighted by Crippen LogP contribution is -2.20. The van der Waals surface area contributed by atoms with Crippen molar-refractivity contribution in [3.05, 3.63) is 0 Å². The number of hydrogen-bond acceptors (Lipinski definition) is 2. The molecule has 1 rings (SSSR count). The average molecular weight is 311 g/mol. The lowest BCUT2D eigenvalue weighted by atomic mass is 10.0. The standard InChI is InChI=1S/C20H38O2/c1-3-4-5-6-7-8-9-10-11-12-15-18(2)22-20(21)19-16-13-14-17-19/h18-19H,3-17H2,1-2H3. The van der Waals surface area contributed by atoms with Gasteiger partial charge >= 0.3 is 5.97 Å². The Kier molecular flexibility index (Phi) is 11.5. The first-order chi connectivity index (χ1) is 10.7. The summed E-state index contributed by atoms with van der Waals surface area (Å²) < 4.78 is 5.58. The summed E-state index contributed by atoms with van der Waals surface area (Å²) in [6, 6.07) is 0. The van der Waals surface area contributed by atoms with Gasteiger partial charge in [0.25, 0.3) is 0 Å². The van der Waals surface area contributed by atoms with Gasteiger partial charge in [0.15, 0.2) is 0 Å². The molecule has 0 heterocycles. The first kappa shape index (κ1) is 19.5. The maximum atomic E-state index is 11.9. The molecule has 2 heteroatoms. The minimum Gasteiger partial charge on any atom is -0.462 e. The van der Waals surface area contributed by atoms with E-state index in [-0.39, 0.29) is 18.0 Å². The van der Waals surface area contributed by atoms with E-state index in [1.807, 2.05) is 0 Å². The number of carbonyl (C=O) groups is 1. The highest BCUT2D eigenvalue weighted by molar-refractivity contribution is 5.72. The minimum absolute atomic E-state index is 0.0667. The van der Waals surface area contributed by atoms with Crippen molar-refractivity contribution in [3.63, 3.8) is 0 Å². The van der Waals surface area contributed by atoms with Gasteiger partial charge in [-0.25, -0.2) is 0 Å². The summed E-state index contributed by atoms with van der Waals surface area (Å²) >= 11 is 0. The Balaban J connectivity index is 1.86. The van der Waals surface area contributed by atoms with E-state index in [4.69, 9.17) is 4.74 Å². The summed E-state index contributed by atoms with van der Waals surface area (Å²) in [6.07, 6.45) is 19.2. The van der Waals surface area contributed by atoms with Crippen LogP contribution in [0.15, 0.2) is 0 Å². The Labute approximate surface area is 138 Å². The van der Waals surface area contributed by atoms with Gasteiger partial charge in [-0.2, -0.15) is 0 Å². The highest BCUT2D eigenvalue weighted by Crippen LogP contribution is 2.26. The Morgan fingerprint density at radius 3 is 1.95 bits per heavy atom. The molecule has 0 saturated heterocycles. The number of ether oxygens (including phenoxy) is 1. The van der Waals surface area contributed by atoms with Crippen molar-refractivity contribution in [2.75, 3.05) is 0 Å². The zero-order valence-electron chi connectivity index (χ0n) is 15.1. The van der Waals surface area contributed by atoms with Gasteiger partial charge in [-0.15, -0.1) is 0 Å². The van der Waals surface area contributed by atoms with Gasteiger partial charge in [0.1, 0.15) is 0 Å². The molecule has 0 aromatic heterocycles. The van der Waals surface area contributed by atoms with Crippen LogP contribution in [-0.4, -0.2) is 12.1 Å². The topological polar surface area (TPSA) is 26.3 Å². The normalized spacial score (nSPS) is 16.8. The summed E-state index contributed by atoms with van der Waals surface area (Å²) in [7, 11) is 0. The molecule has 1 aliphatic rings. The average Bonchev–Trinajstić information content (AvgIpc) is 3.03. The zero-order valence-corrected chi connectivity index (χ0v) is 15.1. The molecule has 0 bridgehead atoms. The third kappa shape index (κ3) is 9.48. The molecule has 22 heavy (non-hydrogen) atoms. The molecular weight excluding hydrogens is 272 g/mol. The van der Waals surface area contributed by atoms with Crippen LogP contribution < -0.4 is 0 Å². The Hall–Kier alpha value is -0.530. The van der Waals surface area contributed by atoms with Crippen molar-refractivity contribution >= 4 is 5.97 Å². The molecule has 1 fully saturated rings. The molecule has 0 aliphatic heterocycles. The maximum Gasteiger partial charge on any atom is 0.309 e. The quantitative estimate of drug-likeness (QED) is 0.290. The number of esters is 1. The fourth-order valence-electron chi connectivity index (χ4n) is 3.43. The summed E-state index contributed by atoms with van der Waals surface area (Å²) in [6.45, 7) is 4.33. The third-order valence-corrected chi connectivity index (χ3v) is 4.97. The molecule has 1 unspecified atom stereocenters. The Morgan fingerprint density at radius 1 is 0.909 bits per heavy atom. The number of carbonyl (C=O) groups excluding carboxylic acids is 1. The fraction of sp³-hybridized carbons (Fsp3) is 0.950. The summed E-state index contributed by atoms with van der Waals surface area (Å²) in [4.78, 5) is 11.9. The molecule has 0 radical (unpaired) electrons. The van der Waals surface area contributed by atoms with Gasteiger partial charge < -0.3 is 4.74 Å². The first-order valence-corrected chi connectivity index (χ1v) is 9.94. The fourth-order valence-corrected chi connectivity index (χ4v) is 3.43. The Bertz CT molecular complexity index is 269. The van der Waals surface area contributed by atoms with Crippen LogP contribution in [-0.2, 0) is 9.53 Å². The van der Waals surface area contributed by atoms with Crippen LogP contribution in [0, 0.1) is 5.92 Å².